The third-order valence-corrected chi connectivity index (χ3v) is 2.71. The molecule has 18 heavy (non-hydrogen) atoms. The van der Waals surface area contributed by atoms with Crippen LogP contribution in [0, 0.1) is 0 Å². The van der Waals surface area contributed by atoms with E-state index < -0.39 is 0 Å². The first-order valence-electron chi connectivity index (χ1n) is 6.30. The van der Waals surface area contributed by atoms with Crippen molar-refractivity contribution < 1.29 is 14.6 Å². The van der Waals surface area contributed by atoms with E-state index in [-0.39, 0.29) is 17.6 Å². The maximum absolute atomic E-state index is 11.5. The minimum absolute atomic E-state index is 0.00159. The summed E-state index contributed by atoms with van der Waals surface area (Å²) in [4.78, 5) is 11.5. The summed E-state index contributed by atoms with van der Waals surface area (Å²) in [5.74, 6) is 0.798. The van der Waals surface area contributed by atoms with Crippen molar-refractivity contribution in [2.75, 3.05) is 13.2 Å². The molecule has 1 amide bonds. The first-order chi connectivity index (χ1) is 8.58. The van der Waals surface area contributed by atoms with Crippen LogP contribution in [0.25, 0.3) is 0 Å². The number of benzene rings is 1. The minimum Gasteiger partial charge on any atom is -0.508 e. The molecule has 100 valence electrons. The molecule has 1 aromatic rings. The molecule has 1 unspecified atom stereocenters. The van der Waals surface area contributed by atoms with Crippen molar-refractivity contribution in [3.8, 4) is 11.5 Å². The van der Waals surface area contributed by atoms with Gasteiger partial charge >= 0.3 is 0 Å². The van der Waals surface area contributed by atoms with E-state index >= 15 is 0 Å². The van der Waals surface area contributed by atoms with Gasteiger partial charge in [-0.25, -0.2) is 0 Å². The summed E-state index contributed by atoms with van der Waals surface area (Å²) in [7, 11) is 0. The molecule has 1 rings (SSSR count). The van der Waals surface area contributed by atoms with E-state index in [1.807, 2.05) is 32.9 Å². The molecule has 1 atom stereocenters. The fraction of sp³-hybridized carbons (Fsp3) is 0.500. The van der Waals surface area contributed by atoms with E-state index in [0.29, 0.717) is 25.3 Å². The zero-order valence-electron chi connectivity index (χ0n) is 11.2. The van der Waals surface area contributed by atoms with E-state index in [1.165, 1.54) is 0 Å². The van der Waals surface area contributed by atoms with Crippen LogP contribution >= 0.6 is 0 Å². The first kappa shape index (κ1) is 14.4. The Hall–Kier alpha value is -1.71. The minimum atomic E-state index is -0.0211. The van der Waals surface area contributed by atoms with Crippen molar-refractivity contribution in [3.05, 3.63) is 23.8 Å². The van der Waals surface area contributed by atoms with Crippen LogP contribution < -0.4 is 10.1 Å². The molecule has 1 aromatic carbocycles. The van der Waals surface area contributed by atoms with Crippen molar-refractivity contribution in [2.45, 2.75) is 33.1 Å². The van der Waals surface area contributed by atoms with Crippen molar-refractivity contribution in [3.63, 3.8) is 0 Å². The van der Waals surface area contributed by atoms with Crippen LogP contribution in [-0.2, 0) is 4.79 Å². The summed E-state index contributed by atoms with van der Waals surface area (Å²) in [6.07, 6.45) is 0.370. The van der Waals surface area contributed by atoms with E-state index in [0.717, 1.165) is 5.56 Å². The molecular weight excluding hydrogens is 230 g/mol. The van der Waals surface area contributed by atoms with Crippen LogP contribution in [0.3, 0.4) is 0 Å². The number of rotatable bonds is 6. The second-order valence-electron chi connectivity index (χ2n) is 4.21. The number of nitrogens with one attached hydrogen (secondary N) is 1. The third-order valence-electron chi connectivity index (χ3n) is 2.71. The molecule has 0 fully saturated rings. The van der Waals surface area contributed by atoms with Gasteiger partial charge in [-0.3, -0.25) is 4.79 Å². The Labute approximate surface area is 108 Å². The van der Waals surface area contributed by atoms with Crippen molar-refractivity contribution >= 4 is 5.91 Å². The highest BCUT2D eigenvalue weighted by atomic mass is 16.5. The number of ether oxygens (including phenoxy) is 1. The highest BCUT2D eigenvalue weighted by molar-refractivity contribution is 5.76. The third kappa shape index (κ3) is 3.95. The Morgan fingerprint density at radius 1 is 1.44 bits per heavy atom. The summed E-state index contributed by atoms with van der Waals surface area (Å²) in [5, 5.41) is 12.7. The fourth-order valence-corrected chi connectivity index (χ4v) is 1.85. The van der Waals surface area contributed by atoms with Gasteiger partial charge < -0.3 is 15.2 Å². The quantitative estimate of drug-likeness (QED) is 0.816. The molecule has 0 bridgehead atoms. The number of carbonyl (C=O) groups excluding carboxylic acids is 1. The van der Waals surface area contributed by atoms with Gasteiger partial charge in [0.15, 0.2) is 0 Å². The molecule has 0 aliphatic carbocycles. The molecule has 0 saturated carbocycles. The number of hydrogen-bond donors (Lipinski definition) is 2. The lowest BCUT2D eigenvalue weighted by Gasteiger charge is -2.14. The first-order valence-corrected chi connectivity index (χ1v) is 6.30. The van der Waals surface area contributed by atoms with E-state index in [2.05, 4.69) is 5.32 Å². The fourth-order valence-electron chi connectivity index (χ4n) is 1.85. The Balaban J connectivity index is 2.73. The van der Waals surface area contributed by atoms with E-state index in [4.69, 9.17) is 4.74 Å². The molecule has 4 heteroatoms. The second-order valence-corrected chi connectivity index (χ2v) is 4.21. The average molecular weight is 251 g/mol. The monoisotopic (exact) mass is 251 g/mol. The lowest BCUT2D eigenvalue weighted by Crippen LogP contribution is -2.23. The molecule has 0 aliphatic heterocycles. The van der Waals surface area contributed by atoms with E-state index in [1.54, 1.807) is 6.07 Å². The van der Waals surface area contributed by atoms with Crippen LogP contribution in [0.4, 0.5) is 0 Å². The zero-order valence-corrected chi connectivity index (χ0v) is 11.2. The number of carbonyl (C=O) groups is 1. The normalized spacial score (nSPS) is 11.9. The topological polar surface area (TPSA) is 58.6 Å². The number of hydrogen-bond acceptors (Lipinski definition) is 3. The molecule has 0 spiro atoms. The van der Waals surface area contributed by atoms with Gasteiger partial charge in [-0.05, 0) is 31.4 Å². The predicted octanol–water partition coefficient (Wildman–Crippen LogP) is 2.42. The van der Waals surface area contributed by atoms with Gasteiger partial charge in [0.25, 0.3) is 0 Å². The van der Waals surface area contributed by atoms with E-state index in [9.17, 15) is 9.90 Å². The van der Waals surface area contributed by atoms with Gasteiger partial charge in [-0.1, -0.05) is 13.0 Å². The standard InChI is InChI=1S/C14H21NO3/c1-4-15-14(17)8-10(3)12-7-6-11(18-5-2)9-13(12)16/h6-7,9-10,16H,4-5,8H2,1-3H3,(H,15,17). The van der Waals surface area contributed by atoms with Crippen LogP contribution in [0.5, 0.6) is 11.5 Å². The summed E-state index contributed by atoms with van der Waals surface area (Å²) in [6, 6.07) is 5.21. The van der Waals surface area contributed by atoms with Gasteiger partial charge in [-0.15, -0.1) is 0 Å². The number of phenolic OH excluding ortho intramolecular Hbond substituents is 1. The van der Waals surface area contributed by atoms with Gasteiger partial charge in [-0.2, -0.15) is 0 Å². The van der Waals surface area contributed by atoms with Crippen molar-refractivity contribution in [1.29, 1.82) is 0 Å². The van der Waals surface area contributed by atoms with Crippen LogP contribution in [0.2, 0.25) is 0 Å². The van der Waals surface area contributed by atoms with Crippen LogP contribution in [0.1, 0.15) is 38.7 Å². The van der Waals surface area contributed by atoms with Gasteiger partial charge in [0.2, 0.25) is 5.91 Å². The number of aromatic hydroxyl groups is 1. The average Bonchev–Trinajstić information content (AvgIpc) is 2.29. The van der Waals surface area contributed by atoms with Gasteiger partial charge in [0.1, 0.15) is 11.5 Å². The number of amides is 1. The smallest absolute Gasteiger partial charge is 0.220 e. The van der Waals surface area contributed by atoms with Gasteiger partial charge in [0, 0.05) is 19.0 Å². The predicted molar refractivity (Wildman–Crippen MR) is 71.0 cm³/mol. The summed E-state index contributed by atoms with van der Waals surface area (Å²) < 4.78 is 5.30. The molecule has 0 heterocycles. The summed E-state index contributed by atoms with van der Waals surface area (Å²) >= 11 is 0. The molecule has 2 N–H and O–H groups in total. The second kappa shape index (κ2) is 6.89. The Kier molecular flexibility index (Phi) is 5.49. The maximum Gasteiger partial charge on any atom is 0.220 e. The van der Waals surface area contributed by atoms with Crippen LogP contribution in [-0.4, -0.2) is 24.2 Å². The van der Waals surface area contributed by atoms with Crippen LogP contribution in [0.15, 0.2) is 18.2 Å². The Bertz CT molecular complexity index is 404. The maximum atomic E-state index is 11.5. The van der Waals surface area contributed by atoms with Gasteiger partial charge in [0.05, 0.1) is 6.61 Å². The SMILES string of the molecule is CCNC(=O)CC(C)c1ccc(OCC)cc1O. The molecule has 0 aromatic heterocycles. The zero-order chi connectivity index (χ0) is 13.5. The molecule has 0 aliphatic rings. The lowest BCUT2D eigenvalue weighted by atomic mass is 9.96. The highest BCUT2D eigenvalue weighted by Gasteiger charge is 2.14. The highest BCUT2D eigenvalue weighted by Crippen LogP contribution is 2.31. The molecule has 4 nitrogen and oxygen atoms in total. The summed E-state index contributed by atoms with van der Waals surface area (Å²) in [5.41, 5.74) is 0.768. The van der Waals surface area contributed by atoms with Crippen molar-refractivity contribution in [2.24, 2.45) is 0 Å². The molecule has 0 radical (unpaired) electrons. The van der Waals surface area contributed by atoms with Crippen molar-refractivity contribution in [1.82, 2.24) is 5.32 Å². The summed E-state index contributed by atoms with van der Waals surface area (Å²) in [6.45, 7) is 6.89. The Morgan fingerprint density at radius 2 is 2.17 bits per heavy atom. The Morgan fingerprint density at radius 3 is 2.72 bits per heavy atom. The largest absolute Gasteiger partial charge is 0.508 e. The number of phenols is 1. The lowest BCUT2D eigenvalue weighted by molar-refractivity contribution is -0.121. The molecule has 0 saturated heterocycles. The molecular formula is C14H21NO3.